The summed E-state index contributed by atoms with van der Waals surface area (Å²) in [6.45, 7) is 4.23. The summed E-state index contributed by atoms with van der Waals surface area (Å²) in [4.78, 5) is 11.5. The van der Waals surface area contributed by atoms with Crippen LogP contribution in [0.5, 0.6) is 0 Å². The number of hydrogen-bond donors (Lipinski definition) is 0. The highest BCUT2D eigenvalue weighted by Crippen LogP contribution is 2.30. The lowest BCUT2D eigenvalue weighted by Crippen LogP contribution is -2.13. The maximum atomic E-state index is 11.5. The second-order valence-corrected chi connectivity index (χ2v) is 4.01. The molecule has 1 aliphatic rings. The van der Waals surface area contributed by atoms with Crippen LogP contribution in [0.25, 0.3) is 0 Å². The molecule has 0 heterocycles. The van der Waals surface area contributed by atoms with Crippen molar-refractivity contribution < 1.29 is 9.53 Å². The molecule has 0 bridgehead atoms. The van der Waals surface area contributed by atoms with Crippen molar-refractivity contribution in [1.29, 1.82) is 5.26 Å². The number of carbonyl (C=O) groups is 1. The molecule has 3 nitrogen and oxygen atoms in total. The van der Waals surface area contributed by atoms with Crippen molar-refractivity contribution in [3.8, 4) is 6.07 Å². The van der Waals surface area contributed by atoms with Crippen LogP contribution in [0.4, 0.5) is 0 Å². The second kappa shape index (κ2) is 5.55. The Morgan fingerprint density at radius 3 is 2.93 bits per heavy atom. The van der Waals surface area contributed by atoms with Crippen molar-refractivity contribution in [2.24, 2.45) is 5.92 Å². The third-order valence-electron chi connectivity index (χ3n) is 2.72. The molecule has 0 aromatic carbocycles. The van der Waals surface area contributed by atoms with E-state index in [0.717, 1.165) is 24.8 Å². The minimum atomic E-state index is -0.455. The number of carbonyl (C=O) groups excluding carboxylic acids is 1. The van der Waals surface area contributed by atoms with Gasteiger partial charge in [0.1, 0.15) is 11.6 Å². The second-order valence-electron chi connectivity index (χ2n) is 4.01. The van der Waals surface area contributed by atoms with Gasteiger partial charge in [0.2, 0.25) is 0 Å². The predicted octanol–water partition coefficient (Wildman–Crippen LogP) is 2.58. The fraction of sp³-hybridized carbons (Fsp3) is 0.667. The minimum Gasteiger partial charge on any atom is -0.462 e. The number of nitriles is 1. The molecule has 1 aliphatic carbocycles. The Bertz CT molecular complexity index is 312. The summed E-state index contributed by atoms with van der Waals surface area (Å²) in [6.07, 6.45) is 3.99. The molecule has 3 heteroatoms. The highest BCUT2D eigenvalue weighted by molar-refractivity contribution is 5.93. The lowest BCUT2D eigenvalue weighted by Gasteiger charge is -2.21. The van der Waals surface area contributed by atoms with Gasteiger partial charge in [-0.15, -0.1) is 0 Å². The Labute approximate surface area is 90.7 Å². The van der Waals surface area contributed by atoms with E-state index in [2.05, 4.69) is 6.92 Å². The summed E-state index contributed by atoms with van der Waals surface area (Å²) in [6, 6.07) is 1.98. The van der Waals surface area contributed by atoms with Crippen LogP contribution in [0, 0.1) is 17.2 Å². The molecule has 0 radical (unpaired) electrons. The smallest absolute Gasteiger partial charge is 0.348 e. The zero-order valence-corrected chi connectivity index (χ0v) is 9.38. The molecule has 1 atom stereocenters. The average Bonchev–Trinajstić information content (AvgIpc) is 2.19. The van der Waals surface area contributed by atoms with E-state index in [1.165, 1.54) is 6.42 Å². The molecule has 1 rings (SSSR count). The summed E-state index contributed by atoms with van der Waals surface area (Å²) in [7, 11) is 0. The van der Waals surface area contributed by atoms with Gasteiger partial charge in [0.25, 0.3) is 0 Å². The monoisotopic (exact) mass is 207 g/mol. The van der Waals surface area contributed by atoms with Crippen molar-refractivity contribution in [1.82, 2.24) is 0 Å². The molecular weight excluding hydrogens is 190 g/mol. The van der Waals surface area contributed by atoms with Crippen molar-refractivity contribution >= 4 is 5.97 Å². The lowest BCUT2D eigenvalue weighted by molar-refractivity contribution is -0.138. The highest BCUT2D eigenvalue weighted by Gasteiger charge is 2.21. The summed E-state index contributed by atoms with van der Waals surface area (Å²) >= 11 is 0. The van der Waals surface area contributed by atoms with E-state index in [1.807, 2.05) is 6.07 Å². The quantitative estimate of drug-likeness (QED) is 0.397. The van der Waals surface area contributed by atoms with Gasteiger partial charge in [0, 0.05) is 0 Å². The maximum absolute atomic E-state index is 11.5. The molecule has 0 aromatic heterocycles. The van der Waals surface area contributed by atoms with Crippen LogP contribution in [0.3, 0.4) is 0 Å². The maximum Gasteiger partial charge on any atom is 0.348 e. The molecule has 0 aliphatic heterocycles. The fourth-order valence-corrected chi connectivity index (χ4v) is 1.99. The van der Waals surface area contributed by atoms with Gasteiger partial charge in [-0.05, 0) is 37.7 Å². The first-order valence-electron chi connectivity index (χ1n) is 5.48. The van der Waals surface area contributed by atoms with Crippen LogP contribution in [0.15, 0.2) is 11.1 Å². The summed E-state index contributed by atoms with van der Waals surface area (Å²) in [5, 5.41) is 8.95. The van der Waals surface area contributed by atoms with Crippen molar-refractivity contribution in [2.75, 3.05) is 6.61 Å². The third-order valence-corrected chi connectivity index (χ3v) is 2.72. The first-order chi connectivity index (χ1) is 7.19. The van der Waals surface area contributed by atoms with Crippen molar-refractivity contribution in [3.63, 3.8) is 0 Å². The molecule has 1 unspecified atom stereocenters. The van der Waals surface area contributed by atoms with Gasteiger partial charge >= 0.3 is 5.97 Å². The highest BCUT2D eigenvalue weighted by atomic mass is 16.5. The Hall–Kier alpha value is -1.30. The summed E-state index contributed by atoms with van der Waals surface area (Å²) < 4.78 is 4.86. The molecule has 1 saturated carbocycles. The van der Waals surface area contributed by atoms with Gasteiger partial charge in [0.05, 0.1) is 6.61 Å². The third kappa shape index (κ3) is 3.09. The normalized spacial score (nSPS) is 24.2. The summed E-state index contributed by atoms with van der Waals surface area (Å²) in [5.74, 6) is 0.121. The molecule has 82 valence electrons. The van der Waals surface area contributed by atoms with Crippen LogP contribution in [-0.4, -0.2) is 12.6 Å². The Kier molecular flexibility index (Phi) is 4.36. The first-order valence-corrected chi connectivity index (χ1v) is 5.48. The molecule has 0 aromatic rings. The SMILES string of the molecule is CCOC(=O)/C(C#N)=C1/CCCC(C)C1. The van der Waals surface area contributed by atoms with Gasteiger partial charge in [-0.3, -0.25) is 0 Å². The van der Waals surface area contributed by atoms with E-state index >= 15 is 0 Å². The van der Waals surface area contributed by atoms with Crippen LogP contribution >= 0.6 is 0 Å². The van der Waals surface area contributed by atoms with Crippen molar-refractivity contribution in [3.05, 3.63) is 11.1 Å². The Balaban J connectivity index is 2.83. The molecular formula is C12H17NO2. The Morgan fingerprint density at radius 1 is 1.67 bits per heavy atom. The van der Waals surface area contributed by atoms with E-state index in [9.17, 15) is 4.79 Å². The van der Waals surface area contributed by atoms with E-state index in [1.54, 1.807) is 6.92 Å². The topological polar surface area (TPSA) is 50.1 Å². The zero-order chi connectivity index (χ0) is 11.3. The molecule has 15 heavy (non-hydrogen) atoms. The van der Waals surface area contributed by atoms with E-state index in [4.69, 9.17) is 10.00 Å². The molecule has 0 amide bonds. The van der Waals surface area contributed by atoms with Gasteiger partial charge in [-0.1, -0.05) is 13.3 Å². The minimum absolute atomic E-state index is 0.239. The number of allylic oxidation sites excluding steroid dienone is 1. The number of nitrogens with zero attached hydrogens (tertiary/aromatic N) is 1. The summed E-state index contributed by atoms with van der Waals surface area (Å²) in [5.41, 5.74) is 1.22. The lowest BCUT2D eigenvalue weighted by atomic mass is 9.84. The molecule has 0 saturated heterocycles. The number of esters is 1. The van der Waals surface area contributed by atoms with E-state index in [0.29, 0.717) is 12.5 Å². The molecule has 0 N–H and O–H groups in total. The molecule has 1 fully saturated rings. The van der Waals surface area contributed by atoms with E-state index < -0.39 is 5.97 Å². The number of ether oxygens (including phenoxy) is 1. The van der Waals surface area contributed by atoms with Crippen LogP contribution in [0.1, 0.15) is 39.5 Å². The van der Waals surface area contributed by atoms with Crippen molar-refractivity contribution in [2.45, 2.75) is 39.5 Å². The van der Waals surface area contributed by atoms with Crippen LogP contribution in [-0.2, 0) is 9.53 Å². The van der Waals surface area contributed by atoms with Crippen LogP contribution < -0.4 is 0 Å². The standard InChI is InChI=1S/C12H17NO2/c1-3-15-12(14)11(8-13)10-6-4-5-9(2)7-10/h9H,3-7H2,1-2H3/b11-10-. The molecule has 0 spiro atoms. The number of rotatable bonds is 2. The van der Waals surface area contributed by atoms with Gasteiger partial charge in [-0.25, -0.2) is 4.79 Å². The predicted molar refractivity (Wildman–Crippen MR) is 56.9 cm³/mol. The number of hydrogen-bond acceptors (Lipinski definition) is 3. The van der Waals surface area contributed by atoms with Gasteiger partial charge in [0.15, 0.2) is 0 Å². The largest absolute Gasteiger partial charge is 0.462 e. The van der Waals surface area contributed by atoms with Gasteiger partial charge < -0.3 is 4.74 Å². The first kappa shape index (κ1) is 11.8. The Morgan fingerprint density at radius 2 is 2.40 bits per heavy atom. The van der Waals surface area contributed by atoms with E-state index in [-0.39, 0.29) is 5.57 Å². The zero-order valence-electron chi connectivity index (χ0n) is 9.38. The van der Waals surface area contributed by atoms with Crippen LogP contribution in [0.2, 0.25) is 0 Å². The average molecular weight is 207 g/mol. The van der Waals surface area contributed by atoms with Gasteiger partial charge in [-0.2, -0.15) is 5.26 Å². The fourth-order valence-electron chi connectivity index (χ4n) is 1.99.